The summed E-state index contributed by atoms with van der Waals surface area (Å²) in [6.07, 6.45) is 4.40. The van der Waals surface area contributed by atoms with Gasteiger partial charge in [0.15, 0.2) is 6.61 Å². The van der Waals surface area contributed by atoms with Crippen LogP contribution in [0.15, 0.2) is 42.9 Å². The van der Waals surface area contributed by atoms with E-state index in [1.54, 1.807) is 15.9 Å². The number of aromatic nitrogens is 2. The Bertz CT molecular complexity index is 749. The predicted octanol–water partition coefficient (Wildman–Crippen LogP) is 0.979. The third-order valence-corrected chi connectivity index (χ3v) is 3.86. The summed E-state index contributed by atoms with van der Waals surface area (Å²) in [4.78, 5) is 35.6. The number of halogens is 1. The molecule has 0 atom stereocenters. The van der Waals surface area contributed by atoms with E-state index in [1.807, 2.05) is 0 Å². The maximum Gasteiger partial charge on any atom is 0.274 e. The first kappa shape index (κ1) is 16.8. The van der Waals surface area contributed by atoms with E-state index >= 15 is 0 Å². The molecule has 0 saturated carbocycles. The molecule has 1 aliphatic rings. The largest absolute Gasteiger partial charge is 0.484 e. The first-order valence-electron chi connectivity index (χ1n) is 7.85. The number of hydrogen-bond donors (Lipinski definition) is 0. The topological polar surface area (TPSA) is 75.6 Å². The second kappa shape index (κ2) is 7.69. The number of benzene rings is 1. The second-order valence-corrected chi connectivity index (χ2v) is 5.51. The molecule has 25 heavy (non-hydrogen) atoms. The first-order valence-corrected chi connectivity index (χ1v) is 7.85. The lowest BCUT2D eigenvalue weighted by molar-refractivity contribution is -0.134. The zero-order valence-corrected chi connectivity index (χ0v) is 13.5. The highest BCUT2D eigenvalue weighted by molar-refractivity contribution is 5.92. The maximum atomic E-state index is 13.1. The van der Waals surface area contributed by atoms with Crippen LogP contribution in [0.2, 0.25) is 0 Å². The van der Waals surface area contributed by atoms with Crippen LogP contribution in [0.5, 0.6) is 5.75 Å². The summed E-state index contributed by atoms with van der Waals surface area (Å²) in [7, 11) is 0. The average Bonchev–Trinajstić information content (AvgIpc) is 2.66. The van der Waals surface area contributed by atoms with Crippen molar-refractivity contribution in [3.63, 3.8) is 0 Å². The van der Waals surface area contributed by atoms with Gasteiger partial charge >= 0.3 is 0 Å². The number of piperazine rings is 1. The van der Waals surface area contributed by atoms with Crippen molar-refractivity contribution in [3.05, 3.63) is 54.4 Å². The van der Waals surface area contributed by atoms with Crippen LogP contribution in [-0.4, -0.2) is 64.4 Å². The normalized spacial score (nSPS) is 14.3. The van der Waals surface area contributed by atoms with E-state index in [2.05, 4.69) is 9.97 Å². The van der Waals surface area contributed by atoms with Gasteiger partial charge in [-0.3, -0.25) is 14.6 Å². The number of rotatable bonds is 4. The third kappa shape index (κ3) is 4.28. The Morgan fingerprint density at radius 2 is 1.88 bits per heavy atom. The fraction of sp³-hybridized carbons (Fsp3) is 0.294. The van der Waals surface area contributed by atoms with Crippen LogP contribution in [0.3, 0.4) is 0 Å². The summed E-state index contributed by atoms with van der Waals surface area (Å²) in [5, 5.41) is 0. The Balaban J connectivity index is 1.48. The molecule has 0 aliphatic carbocycles. The molecule has 1 aromatic carbocycles. The molecule has 0 unspecified atom stereocenters. The molecule has 2 aromatic rings. The third-order valence-electron chi connectivity index (χ3n) is 3.86. The van der Waals surface area contributed by atoms with Gasteiger partial charge < -0.3 is 14.5 Å². The molecule has 7 nitrogen and oxygen atoms in total. The molecular formula is C17H17FN4O3. The molecule has 1 aromatic heterocycles. The Morgan fingerprint density at radius 3 is 2.56 bits per heavy atom. The molecule has 130 valence electrons. The first-order chi connectivity index (χ1) is 12.1. The quantitative estimate of drug-likeness (QED) is 0.826. The van der Waals surface area contributed by atoms with Gasteiger partial charge in [0.25, 0.3) is 11.8 Å². The van der Waals surface area contributed by atoms with E-state index in [9.17, 15) is 14.0 Å². The van der Waals surface area contributed by atoms with E-state index in [4.69, 9.17) is 4.74 Å². The molecule has 1 aliphatic heterocycles. The summed E-state index contributed by atoms with van der Waals surface area (Å²) >= 11 is 0. The SMILES string of the molecule is O=C(COc1cccc(F)c1)N1CCN(C(=O)c2cnccn2)CC1. The van der Waals surface area contributed by atoms with Gasteiger partial charge in [0.05, 0.1) is 6.20 Å². The minimum atomic E-state index is -0.416. The number of amides is 2. The monoisotopic (exact) mass is 344 g/mol. The zero-order chi connectivity index (χ0) is 17.6. The molecule has 0 spiro atoms. The summed E-state index contributed by atoms with van der Waals surface area (Å²) < 4.78 is 18.4. The number of carbonyl (C=O) groups is 2. The highest BCUT2D eigenvalue weighted by atomic mass is 19.1. The summed E-state index contributed by atoms with van der Waals surface area (Å²) in [6.45, 7) is 1.50. The van der Waals surface area contributed by atoms with Gasteiger partial charge in [-0.05, 0) is 12.1 Å². The predicted molar refractivity (Wildman–Crippen MR) is 86.4 cm³/mol. The Labute approximate surface area is 144 Å². The van der Waals surface area contributed by atoms with Crippen LogP contribution >= 0.6 is 0 Å². The lowest BCUT2D eigenvalue weighted by atomic mass is 10.2. The minimum Gasteiger partial charge on any atom is -0.484 e. The Kier molecular flexibility index (Phi) is 5.17. The summed E-state index contributed by atoms with van der Waals surface area (Å²) in [5.74, 6) is -0.502. The van der Waals surface area contributed by atoms with Crippen LogP contribution in [0, 0.1) is 5.82 Å². The number of ether oxygens (including phenoxy) is 1. The minimum absolute atomic E-state index is 0.165. The van der Waals surface area contributed by atoms with Gasteiger partial charge in [0.1, 0.15) is 17.3 Å². The van der Waals surface area contributed by atoms with Crippen LogP contribution in [0.4, 0.5) is 4.39 Å². The van der Waals surface area contributed by atoms with E-state index in [0.29, 0.717) is 31.9 Å². The molecule has 0 N–H and O–H groups in total. The van der Waals surface area contributed by atoms with Gasteiger partial charge in [0.2, 0.25) is 0 Å². The van der Waals surface area contributed by atoms with Crippen molar-refractivity contribution >= 4 is 11.8 Å². The second-order valence-electron chi connectivity index (χ2n) is 5.51. The van der Waals surface area contributed by atoms with Crippen molar-refractivity contribution < 1.29 is 18.7 Å². The van der Waals surface area contributed by atoms with Gasteiger partial charge in [-0.2, -0.15) is 0 Å². The fourth-order valence-electron chi connectivity index (χ4n) is 2.52. The number of hydrogen-bond acceptors (Lipinski definition) is 5. The van der Waals surface area contributed by atoms with E-state index < -0.39 is 5.82 Å². The van der Waals surface area contributed by atoms with Gasteiger partial charge in [0, 0.05) is 44.6 Å². The van der Waals surface area contributed by atoms with Crippen molar-refractivity contribution in [1.29, 1.82) is 0 Å². The van der Waals surface area contributed by atoms with Gasteiger partial charge in [-0.25, -0.2) is 9.37 Å². The maximum absolute atomic E-state index is 13.1. The fourth-order valence-corrected chi connectivity index (χ4v) is 2.52. The van der Waals surface area contributed by atoms with Crippen LogP contribution in [0.1, 0.15) is 10.5 Å². The zero-order valence-electron chi connectivity index (χ0n) is 13.5. The Hall–Kier alpha value is -3.03. The Morgan fingerprint density at radius 1 is 1.12 bits per heavy atom. The molecule has 3 rings (SSSR count). The van der Waals surface area contributed by atoms with E-state index in [1.165, 1.54) is 36.8 Å². The summed E-state index contributed by atoms with van der Waals surface area (Å²) in [5.41, 5.74) is 0.289. The number of nitrogens with zero attached hydrogens (tertiary/aromatic N) is 4. The molecule has 1 fully saturated rings. The van der Waals surface area contributed by atoms with Crippen LogP contribution in [-0.2, 0) is 4.79 Å². The van der Waals surface area contributed by atoms with Gasteiger partial charge in [-0.1, -0.05) is 6.07 Å². The van der Waals surface area contributed by atoms with Crippen molar-refractivity contribution in [3.8, 4) is 5.75 Å². The lowest BCUT2D eigenvalue weighted by Crippen LogP contribution is -2.51. The van der Waals surface area contributed by atoms with E-state index in [-0.39, 0.29) is 24.1 Å². The van der Waals surface area contributed by atoms with E-state index in [0.717, 1.165) is 0 Å². The lowest BCUT2D eigenvalue weighted by Gasteiger charge is -2.34. The molecule has 0 radical (unpaired) electrons. The van der Waals surface area contributed by atoms with Crippen LogP contribution < -0.4 is 4.74 Å². The molecule has 2 amide bonds. The highest BCUT2D eigenvalue weighted by Crippen LogP contribution is 2.12. The van der Waals surface area contributed by atoms with Crippen molar-refractivity contribution in [1.82, 2.24) is 19.8 Å². The smallest absolute Gasteiger partial charge is 0.274 e. The molecule has 2 heterocycles. The van der Waals surface area contributed by atoms with Gasteiger partial charge in [-0.15, -0.1) is 0 Å². The highest BCUT2D eigenvalue weighted by Gasteiger charge is 2.25. The number of carbonyl (C=O) groups excluding carboxylic acids is 2. The average molecular weight is 344 g/mol. The van der Waals surface area contributed by atoms with Crippen molar-refractivity contribution in [2.75, 3.05) is 32.8 Å². The molecular weight excluding hydrogens is 327 g/mol. The standard InChI is InChI=1S/C17H17FN4O3/c18-13-2-1-3-14(10-13)25-12-16(23)21-6-8-22(9-7-21)17(24)15-11-19-4-5-20-15/h1-5,10-11H,6-9,12H2. The van der Waals surface area contributed by atoms with Crippen LogP contribution in [0.25, 0.3) is 0 Å². The molecule has 8 heteroatoms. The molecule has 1 saturated heterocycles. The van der Waals surface area contributed by atoms with Crippen molar-refractivity contribution in [2.24, 2.45) is 0 Å². The summed E-state index contributed by atoms with van der Waals surface area (Å²) in [6, 6.07) is 5.65. The molecule has 0 bridgehead atoms. The van der Waals surface area contributed by atoms with Crippen molar-refractivity contribution in [2.45, 2.75) is 0 Å².